The van der Waals surface area contributed by atoms with E-state index < -0.39 is 0 Å². The van der Waals surface area contributed by atoms with Gasteiger partial charge in [0.25, 0.3) is 0 Å². The number of carbonyl (C=O) groups excluding carboxylic acids is 1. The number of benzene rings is 1. The van der Waals surface area contributed by atoms with Crippen LogP contribution >= 0.6 is 12.4 Å². The summed E-state index contributed by atoms with van der Waals surface area (Å²) in [6.45, 7) is 2.28. The lowest BCUT2D eigenvalue weighted by Gasteiger charge is -2.15. The van der Waals surface area contributed by atoms with E-state index in [2.05, 4.69) is 0 Å². The van der Waals surface area contributed by atoms with Gasteiger partial charge < -0.3 is 10.5 Å². The topological polar surface area (TPSA) is 52.3 Å². The molecular weight excluding hydrogens is 250 g/mol. The molecular formula is C14H20ClNO2. The molecule has 1 atom stereocenters. The summed E-state index contributed by atoms with van der Waals surface area (Å²) in [5.41, 5.74) is 7.40. The van der Waals surface area contributed by atoms with Crippen molar-refractivity contribution >= 4 is 24.1 Å². The number of hydrogen-bond donors (Lipinski definition) is 1. The Labute approximate surface area is 114 Å². The summed E-state index contributed by atoms with van der Waals surface area (Å²) in [7, 11) is 0. The largest absolute Gasteiger partial charge is 0.466 e. The van der Waals surface area contributed by atoms with Crippen molar-refractivity contribution in [1.82, 2.24) is 0 Å². The lowest BCUT2D eigenvalue weighted by atomic mass is 9.93. The summed E-state index contributed by atoms with van der Waals surface area (Å²) in [5.74, 6) is 0.467. The molecule has 2 N–H and O–H groups in total. The molecule has 100 valence electrons. The van der Waals surface area contributed by atoms with Crippen LogP contribution in [-0.4, -0.2) is 12.6 Å². The van der Waals surface area contributed by atoms with E-state index in [-0.39, 0.29) is 24.3 Å². The van der Waals surface area contributed by atoms with Crippen LogP contribution < -0.4 is 5.73 Å². The second-order valence-corrected chi connectivity index (χ2v) is 4.65. The van der Waals surface area contributed by atoms with Crippen molar-refractivity contribution in [1.29, 1.82) is 0 Å². The van der Waals surface area contributed by atoms with Crippen molar-refractivity contribution in [3.63, 3.8) is 0 Å². The molecule has 1 fully saturated rings. The maximum absolute atomic E-state index is 11.9. The molecule has 1 saturated carbocycles. The summed E-state index contributed by atoms with van der Waals surface area (Å²) < 4.78 is 5.15. The molecule has 1 aromatic rings. The highest BCUT2D eigenvalue weighted by atomic mass is 35.5. The fourth-order valence-electron chi connectivity index (χ4n) is 2.03. The van der Waals surface area contributed by atoms with E-state index in [4.69, 9.17) is 10.5 Å². The van der Waals surface area contributed by atoms with Gasteiger partial charge >= 0.3 is 5.97 Å². The van der Waals surface area contributed by atoms with Crippen LogP contribution in [0.3, 0.4) is 0 Å². The van der Waals surface area contributed by atoms with Gasteiger partial charge in [-0.3, -0.25) is 4.79 Å². The first kappa shape index (κ1) is 14.8. The quantitative estimate of drug-likeness (QED) is 0.660. The third-order valence-electron chi connectivity index (χ3n) is 3.18. The molecule has 0 aromatic heterocycles. The summed E-state index contributed by atoms with van der Waals surface area (Å²) in [5, 5.41) is 0. The molecule has 0 amide bonds. The first-order chi connectivity index (χ1) is 8.20. The van der Waals surface area contributed by atoms with Gasteiger partial charge in [-0.15, -0.1) is 12.4 Å². The Morgan fingerprint density at radius 1 is 1.39 bits per heavy atom. The predicted octanol–water partition coefficient (Wildman–Crippen LogP) is 3.14. The van der Waals surface area contributed by atoms with E-state index in [1.165, 1.54) is 12.8 Å². The lowest BCUT2D eigenvalue weighted by Crippen LogP contribution is -2.16. The molecule has 1 unspecified atom stereocenters. The maximum atomic E-state index is 11.9. The molecule has 18 heavy (non-hydrogen) atoms. The van der Waals surface area contributed by atoms with E-state index in [0.717, 1.165) is 17.7 Å². The van der Waals surface area contributed by atoms with Gasteiger partial charge in [0.05, 0.1) is 12.5 Å². The standard InChI is InChI=1S/C14H19NO2.ClH/c1-2-17-14(16)13(9-10-3-4-10)11-5-7-12(15)8-6-11;/h5-8,10,13H,2-4,9,15H2,1H3;1H. The van der Waals surface area contributed by atoms with Gasteiger partial charge in [-0.2, -0.15) is 0 Å². The Morgan fingerprint density at radius 3 is 2.50 bits per heavy atom. The van der Waals surface area contributed by atoms with Gasteiger partial charge in [0.15, 0.2) is 0 Å². The number of hydrogen-bond acceptors (Lipinski definition) is 3. The molecule has 1 aromatic carbocycles. The van der Waals surface area contributed by atoms with Gasteiger partial charge in [0.1, 0.15) is 0 Å². The summed E-state index contributed by atoms with van der Waals surface area (Å²) in [6.07, 6.45) is 3.39. The summed E-state index contributed by atoms with van der Waals surface area (Å²) in [6, 6.07) is 7.54. The minimum absolute atomic E-state index is 0. The lowest BCUT2D eigenvalue weighted by molar-refractivity contribution is -0.145. The summed E-state index contributed by atoms with van der Waals surface area (Å²) >= 11 is 0. The molecule has 0 heterocycles. The zero-order chi connectivity index (χ0) is 12.3. The highest BCUT2D eigenvalue weighted by Crippen LogP contribution is 2.39. The van der Waals surface area contributed by atoms with Gasteiger partial charge in [-0.05, 0) is 37.0 Å². The van der Waals surface area contributed by atoms with Crippen LogP contribution in [-0.2, 0) is 9.53 Å². The first-order valence-corrected chi connectivity index (χ1v) is 6.22. The number of halogens is 1. The van der Waals surface area contributed by atoms with Crippen molar-refractivity contribution in [2.75, 3.05) is 12.3 Å². The molecule has 0 saturated heterocycles. The van der Waals surface area contributed by atoms with E-state index in [1.54, 1.807) is 0 Å². The number of carbonyl (C=O) groups is 1. The zero-order valence-electron chi connectivity index (χ0n) is 10.6. The normalized spacial score (nSPS) is 15.6. The Balaban J connectivity index is 0.00000162. The number of ether oxygens (including phenoxy) is 1. The average Bonchev–Trinajstić information content (AvgIpc) is 3.11. The van der Waals surface area contributed by atoms with E-state index >= 15 is 0 Å². The molecule has 0 radical (unpaired) electrons. The number of anilines is 1. The van der Waals surface area contributed by atoms with Crippen molar-refractivity contribution in [3.05, 3.63) is 29.8 Å². The van der Waals surface area contributed by atoms with Gasteiger partial charge in [0.2, 0.25) is 0 Å². The van der Waals surface area contributed by atoms with Crippen LogP contribution in [0.1, 0.15) is 37.7 Å². The predicted molar refractivity (Wildman–Crippen MR) is 74.8 cm³/mol. The summed E-state index contributed by atoms with van der Waals surface area (Å²) in [4.78, 5) is 11.9. The smallest absolute Gasteiger partial charge is 0.313 e. The number of nitrogens with two attached hydrogens (primary N) is 1. The van der Waals surface area contributed by atoms with Gasteiger partial charge in [0, 0.05) is 5.69 Å². The Morgan fingerprint density at radius 2 is 2.00 bits per heavy atom. The minimum atomic E-state index is -0.122. The van der Waals surface area contributed by atoms with Crippen LogP contribution in [0, 0.1) is 5.92 Å². The number of rotatable bonds is 5. The highest BCUT2D eigenvalue weighted by molar-refractivity contribution is 5.85. The fourth-order valence-corrected chi connectivity index (χ4v) is 2.03. The van der Waals surface area contributed by atoms with Crippen LogP contribution in [0.25, 0.3) is 0 Å². The van der Waals surface area contributed by atoms with Gasteiger partial charge in [-0.25, -0.2) is 0 Å². The average molecular weight is 270 g/mol. The number of esters is 1. The monoisotopic (exact) mass is 269 g/mol. The van der Waals surface area contributed by atoms with E-state index in [0.29, 0.717) is 12.5 Å². The Kier molecular flexibility index (Phi) is 5.48. The molecule has 0 aliphatic heterocycles. The van der Waals surface area contributed by atoms with Crippen molar-refractivity contribution in [3.8, 4) is 0 Å². The third-order valence-corrected chi connectivity index (χ3v) is 3.18. The second-order valence-electron chi connectivity index (χ2n) is 4.65. The molecule has 1 aliphatic carbocycles. The van der Waals surface area contributed by atoms with Crippen LogP contribution in [0.2, 0.25) is 0 Å². The highest BCUT2D eigenvalue weighted by Gasteiger charge is 2.31. The van der Waals surface area contributed by atoms with Crippen LogP contribution in [0.15, 0.2) is 24.3 Å². The third kappa shape index (κ3) is 3.91. The minimum Gasteiger partial charge on any atom is -0.466 e. The molecule has 2 rings (SSSR count). The van der Waals surface area contributed by atoms with Crippen molar-refractivity contribution < 1.29 is 9.53 Å². The molecule has 3 nitrogen and oxygen atoms in total. The first-order valence-electron chi connectivity index (χ1n) is 6.22. The van der Waals surface area contributed by atoms with Crippen LogP contribution in [0.4, 0.5) is 5.69 Å². The molecule has 0 bridgehead atoms. The van der Waals surface area contributed by atoms with Crippen molar-refractivity contribution in [2.45, 2.75) is 32.1 Å². The SMILES string of the molecule is CCOC(=O)C(CC1CC1)c1ccc(N)cc1.Cl. The van der Waals surface area contributed by atoms with Crippen LogP contribution in [0.5, 0.6) is 0 Å². The van der Waals surface area contributed by atoms with Crippen molar-refractivity contribution in [2.24, 2.45) is 5.92 Å². The maximum Gasteiger partial charge on any atom is 0.313 e. The Bertz CT molecular complexity index is 387. The zero-order valence-corrected chi connectivity index (χ0v) is 11.4. The van der Waals surface area contributed by atoms with E-state index in [9.17, 15) is 4.79 Å². The fraction of sp³-hybridized carbons (Fsp3) is 0.500. The van der Waals surface area contributed by atoms with Gasteiger partial charge in [-0.1, -0.05) is 25.0 Å². The number of nitrogen functional groups attached to an aromatic ring is 1. The Hall–Kier alpha value is -1.22. The molecule has 4 heteroatoms. The van der Waals surface area contributed by atoms with E-state index in [1.807, 2.05) is 31.2 Å². The second kappa shape index (κ2) is 6.64. The molecule has 0 spiro atoms. The molecule has 1 aliphatic rings.